The van der Waals surface area contributed by atoms with Crippen LogP contribution >= 0.6 is 11.6 Å². The third-order valence-corrected chi connectivity index (χ3v) is 7.50. The number of benzene rings is 3. The van der Waals surface area contributed by atoms with Crippen molar-refractivity contribution in [3.63, 3.8) is 0 Å². The Hall–Kier alpha value is -4.23. The van der Waals surface area contributed by atoms with Gasteiger partial charge in [-0.1, -0.05) is 29.3 Å². The van der Waals surface area contributed by atoms with Crippen LogP contribution in [0.15, 0.2) is 78.9 Å². The van der Waals surface area contributed by atoms with E-state index in [0.717, 1.165) is 28.4 Å². The largest absolute Gasteiger partial charge is 0.497 e. The summed E-state index contributed by atoms with van der Waals surface area (Å²) in [6, 6.07) is 25.0. The lowest BCUT2D eigenvalue weighted by Gasteiger charge is -2.34. The van der Waals surface area contributed by atoms with Crippen molar-refractivity contribution >= 4 is 23.4 Å². The molecule has 0 bridgehead atoms. The fourth-order valence-corrected chi connectivity index (χ4v) is 5.05. The number of amides is 2. The molecule has 0 radical (unpaired) electrons. The number of piperazine rings is 1. The van der Waals surface area contributed by atoms with Gasteiger partial charge in [0.2, 0.25) is 0 Å². The van der Waals surface area contributed by atoms with Gasteiger partial charge in [0.25, 0.3) is 11.8 Å². The Morgan fingerprint density at radius 2 is 1.40 bits per heavy atom. The zero-order valence-corrected chi connectivity index (χ0v) is 23.6. The lowest BCUT2D eigenvalue weighted by Crippen LogP contribution is -2.51. The van der Waals surface area contributed by atoms with E-state index >= 15 is 0 Å². The minimum atomic E-state index is -0.106. The summed E-state index contributed by atoms with van der Waals surface area (Å²) < 4.78 is 13.1. The van der Waals surface area contributed by atoms with E-state index < -0.39 is 0 Å². The van der Waals surface area contributed by atoms with Crippen LogP contribution in [0.3, 0.4) is 0 Å². The smallest absolute Gasteiger partial charge is 0.260 e. The van der Waals surface area contributed by atoms with Crippen LogP contribution in [0.1, 0.15) is 21.6 Å². The van der Waals surface area contributed by atoms with Gasteiger partial charge in [-0.3, -0.25) is 9.59 Å². The molecule has 2 amide bonds. The van der Waals surface area contributed by atoms with Crippen molar-refractivity contribution in [1.29, 1.82) is 0 Å². The van der Waals surface area contributed by atoms with Crippen LogP contribution in [0.5, 0.6) is 11.5 Å². The maximum Gasteiger partial charge on any atom is 0.260 e. The van der Waals surface area contributed by atoms with E-state index in [2.05, 4.69) is 35.8 Å². The van der Waals surface area contributed by atoms with Gasteiger partial charge in [-0.05, 0) is 86.1 Å². The molecule has 5 rings (SSSR count). The molecule has 0 N–H and O–H groups in total. The molecule has 206 valence electrons. The van der Waals surface area contributed by atoms with Gasteiger partial charge in [-0.2, -0.15) is 0 Å². The fourth-order valence-electron chi connectivity index (χ4n) is 4.92. The Labute approximate surface area is 239 Å². The first-order valence-corrected chi connectivity index (χ1v) is 13.6. The topological polar surface area (TPSA) is 64.0 Å². The zero-order chi connectivity index (χ0) is 28.2. The normalized spacial score (nSPS) is 13.3. The molecule has 0 atom stereocenters. The molecule has 1 fully saturated rings. The third-order valence-electron chi connectivity index (χ3n) is 7.25. The van der Waals surface area contributed by atoms with E-state index in [0.29, 0.717) is 42.5 Å². The van der Waals surface area contributed by atoms with Crippen molar-refractivity contribution in [1.82, 2.24) is 14.4 Å². The minimum absolute atomic E-state index is 0.0392. The SMILES string of the molecule is COc1ccc(-c2cc(C(=O)N3CCN(C(=O)COc4ccc(Cl)cc4)CC3)c(C)n2-c2ccc(C)cc2)cc1. The summed E-state index contributed by atoms with van der Waals surface area (Å²) in [5.74, 6) is 1.22. The maximum atomic E-state index is 13.8. The molecule has 2 heterocycles. The van der Waals surface area contributed by atoms with Crippen molar-refractivity contribution in [2.75, 3.05) is 39.9 Å². The highest BCUT2D eigenvalue weighted by Crippen LogP contribution is 2.31. The Bertz CT molecular complexity index is 1490. The summed E-state index contributed by atoms with van der Waals surface area (Å²) in [6.07, 6.45) is 0. The quantitative estimate of drug-likeness (QED) is 0.289. The number of aryl methyl sites for hydroxylation is 1. The summed E-state index contributed by atoms with van der Waals surface area (Å²) >= 11 is 5.91. The predicted octanol–water partition coefficient (Wildman–Crippen LogP) is 5.79. The zero-order valence-electron chi connectivity index (χ0n) is 22.9. The first-order chi connectivity index (χ1) is 19.3. The highest BCUT2D eigenvalue weighted by atomic mass is 35.5. The molecule has 0 saturated carbocycles. The van der Waals surface area contributed by atoms with Gasteiger partial charge in [0.1, 0.15) is 11.5 Å². The molecule has 3 aromatic carbocycles. The number of hydrogen-bond acceptors (Lipinski definition) is 4. The number of ether oxygens (including phenoxy) is 2. The molecule has 1 aliphatic rings. The van der Waals surface area contributed by atoms with E-state index in [9.17, 15) is 9.59 Å². The van der Waals surface area contributed by atoms with Crippen molar-refractivity contribution < 1.29 is 19.1 Å². The standard InChI is InChI=1S/C32H32ClN3O4/c1-22-4-10-26(11-5-22)36-23(2)29(20-30(36)24-6-12-27(39-3)13-7-24)32(38)35-18-16-34(17-19-35)31(37)21-40-28-14-8-25(33)9-15-28/h4-15,20H,16-19,21H2,1-3H3. The van der Waals surface area contributed by atoms with Gasteiger partial charge in [0, 0.05) is 42.6 Å². The number of aromatic nitrogens is 1. The van der Waals surface area contributed by atoms with E-state index in [4.69, 9.17) is 21.1 Å². The van der Waals surface area contributed by atoms with Crippen molar-refractivity contribution in [2.45, 2.75) is 13.8 Å². The van der Waals surface area contributed by atoms with E-state index in [-0.39, 0.29) is 18.4 Å². The molecule has 40 heavy (non-hydrogen) atoms. The number of methoxy groups -OCH3 is 1. The Morgan fingerprint density at radius 1 is 0.800 bits per heavy atom. The molecule has 1 aromatic heterocycles. The molecule has 7 nitrogen and oxygen atoms in total. The van der Waals surface area contributed by atoms with Crippen LogP contribution < -0.4 is 9.47 Å². The summed E-state index contributed by atoms with van der Waals surface area (Å²) in [5.41, 5.74) is 5.60. The average molecular weight is 558 g/mol. The highest BCUT2D eigenvalue weighted by Gasteiger charge is 2.28. The molecular formula is C32H32ClN3O4. The molecule has 0 unspecified atom stereocenters. The van der Waals surface area contributed by atoms with Crippen LogP contribution in [0.4, 0.5) is 0 Å². The van der Waals surface area contributed by atoms with E-state index in [1.54, 1.807) is 36.3 Å². The fraction of sp³-hybridized carbons (Fsp3) is 0.250. The lowest BCUT2D eigenvalue weighted by atomic mass is 10.1. The number of nitrogens with zero attached hydrogens (tertiary/aromatic N) is 3. The Kier molecular flexibility index (Phi) is 8.12. The molecule has 1 aliphatic heterocycles. The van der Waals surface area contributed by atoms with Crippen LogP contribution in [-0.4, -0.2) is 66.1 Å². The first-order valence-electron chi connectivity index (χ1n) is 13.2. The second kappa shape index (κ2) is 11.9. The Balaban J connectivity index is 1.32. The Morgan fingerprint density at radius 3 is 2.02 bits per heavy atom. The van der Waals surface area contributed by atoms with Crippen LogP contribution in [0.25, 0.3) is 16.9 Å². The van der Waals surface area contributed by atoms with Crippen molar-refractivity contribution in [3.8, 4) is 28.4 Å². The van der Waals surface area contributed by atoms with Gasteiger partial charge < -0.3 is 23.8 Å². The number of halogens is 1. The molecule has 8 heteroatoms. The van der Waals surface area contributed by atoms with Gasteiger partial charge in [0.15, 0.2) is 6.61 Å². The summed E-state index contributed by atoms with van der Waals surface area (Å²) in [7, 11) is 1.64. The minimum Gasteiger partial charge on any atom is -0.497 e. The van der Waals surface area contributed by atoms with E-state index in [1.165, 1.54) is 5.56 Å². The number of carbonyl (C=O) groups is 2. The monoisotopic (exact) mass is 557 g/mol. The van der Waals surface area contributed by atoms with Gasteiger partial charge in [-0.25, -0.2) is 0 Å². The van der Waals surface area contributed by atoms with Crippen molar-refractivity contribution in [2.24, 2.45) is 0 Å². The van der Waals surface area contributed by atoms with Gasteiger partial charge >= 0.3 is 0 Å². The molecule has 0 spiro atoms. The summed E-state index contributed by atoms with van der Waals surface area (Å²) in [4.78, 5) is 30.1. The van der Waals surface area contributed by atoms with Gasteiger partial charge in [-0.15, -0.1) is 0 Å². The van der Waals surface area contributed by atoms with Crippen LogP contribution in [0, 0.1) is 13.8 Å². The number of rotatable bonds is 7. The number of hydrogen-bond donors (Lipinski definition) is 0. The second-order valence-corrected chi connectivity index (χ2v) is 10.3. The molecular weight excluding hydrogens is 526 g/mol. The average Bonchev–Trinajstić information content (AvgIpc) is 3.33. The first kappa shape index (κ1) is 27.3. The second-order valence-electron chi connectivity index (χ2n) is 9.84. The van der Waals surface area contributed by atoms with Crippen molar-refractivity contribution in [3.05, 3.63) is 101 Å². The molecule has 0 aliphatic carbocycles. The number of carbonyl (C=O) groups excluding carboxylic acids is 2. The maximum absolute atomic E-state index is 13.8. The highest BCUT2D eigenvalue weighted by molar-refractivity contribution is 6.30. The third kappa shape index (κ3) is 5.84. The summed E-state index contributed by atoms with van der Waals surface area (Å²) in [6.45, 7) is 5.80. The summed E-state index contributed by atoms with van der Waals surface area (Å²) in [5, 5.41) is 0.611. The van der Waals surface area contributed by atoms with E-state index in [1.807, 2.05) is 42.2 Å². The molecule has 4 aromatic rings. The van der Waals surface area contributed by atoms with Crippen LogP contribution in [-0.2, 0) is 4.79 Å². The molecule has 1 saturated heterocycles. The predicted molar refractivity (Wildman–Crippen MR) is 157 cm³/mol. The lowest BCUT2D eigenvalue weighted by molar-refractivity contribution is -0.134. The van der Waals surface area contributed by atoms with Gasteiger partial charge in [0.05, 0.1) is 18.4 Å². The van der Waals surface area contributed by atoms with Crippen LogP contribution in [0.2, 0.25) is 5.02 Å².